The zero-order chi connectivity index (χ0) is 12.8. The SMILES string of the molecule is CCCNCc1ncn(Cc2ccccc2C)n1. The minimum absolute atomic E-state index is 0.745. The van der Waals surface area contributed by atoms with Crippen LogP contribution in [-0.2, 0) is 13.1 Å². The Morgan fingerprint density at radius 2 is 2.11 bits per heavy atom. The van der Waals surface area contributed by atoms with Gasteiger partial charge in [-0.2, -0.15) is 5.10 Å². The first kappa shape index (κ1) is 12.8. The maximum Gasteiger partial charge on any atom is 0.164 e. The molecule has 0 aliphatic carbocycles. The molecule has 0 spiro atoms. The summed E-state index contributed by atoms with van der Waals surface area (Å²) in [7, 11) is 0. The molecule has 2 aromatic rings. The first-order valence-corrected chi connectivity index (χ1v) is 6.43. The Kier molecular flexibility index (Phi) is 4.47. The molecule has 18 heavy (non-hydrogen) atoms. The quantitative estimate of drug-likeness (QED) is 0.792. The van der Waals surface area contributed by atoms with Gasteiger partial charge < -0.3 is 5.32 Å². The van der Waals surface area contributed by atoms with Crippen molar-refractivity contribution in [2.45, 2.75) is 33.4 Å². The molecule has 0 saturated heterocycles. The van der Waals surface area contributed by atoms with E-state index in [-0.39, 0.29) is 0 Å². The lowest BCUT2D eigenvalue weighted by molar-refractivity contribution is 0.624. The molecule has 0 amide bonds. The summed E-state index contributed by atoms with van der Waals surface area (Å²) in [6.07, 6.45) is 2.93. The summed E-state index contributed by atoms with van der Waals surface area (Å²) in [6.45, 7) is 6.81. The van der Waals surface area contributed by atoms with Crippen molar-refractivity contribution in [2.75, 3.05) is 6.54 Å². The lowest BCUT2D eigenvalue weighted by atomic mass is 10.1. The lowest BCUT2D eigenvalue weighted by Gasteiger charge is -2.04. The second-order valence-electron chi connectivity index (χ2n) is 4.46. The fourth-order valence-electron chi connectivity index (χ4n) is 1.83. The molecule has 4 heteroatoms. The molecule has 0 unspecified atom stereocenters. The summed E-state index contributed by atoms with van der Waals surface area (Å²) < 4.78 is 1.89. The van der Waals surface area contributed by atoms with Gasteiger partial charge in [0, 0.05) is 0 Å². The van der Waals surface area contributed by atoms with Crippen molar-refractivity contribution in [2.24, 2.45) is 0 Å². The first-order chi connectivity index (χ1) is 8.79. The highest BCUT2D eigenvalue weighted by Crippen LogP contribution is 2.08. The van der Waals surface area contributed by atoms with Gasteiger partial charge in [-0.05, 0) is 31.0 Å². The van der Waals surface area contributed by atoms with Gasteiger partial charge in [0.15, 0.2) is 5.82 Å². The van der Waals surface area contributed by atoms with Crippen LogP contribution >= 0.6 is 0 Å². The molecule has 1 aromatic carbocycles. The third-order valence-electron chi connectivity index (χ3n) is 2.89. The second-order valence-corrected chi connectivity index (χ2v) is 4.46. The lowest BCUT2D eigenvalue weighted by Crippen LogP contribution is -2.15. The minimum Gasteiger partial charge on any atom is -0.310 e. The molecular formula is C14H20N4. The van der Waals surface area contributed by atoms with Crippen LogP contribution in [0, 0.1) is 6.92 Å². The summed E-state index contributed by atoms with van der Waals surface area (Å²) >= 11 is 0. The Labute approximate surface area is 108 Å². The van der Waals surface area contributed by atoms with Crippen molar-refractivity contribution in [1.29, 1.82) is 0 Å². The van der Waals surface area contributed by atoms with E-state index in [9.17, 15) is 0 Å². The van der Waals surface area contributed by atoms with Crippen LogP contribution in [0.1, 0.15) is 30.3 Å². The average molecular weight is 244 g/mol. The predicted molar refractivity (Wildman–Crippen MR) is 72.3 cm³/mol. The van der Waals surface area contributed by atoms with E-state index in [0.29, 0.717) is 0 Å². The van der Waals surface area contributed by atoms with Crippen LogP contribution in [0.5, 0.6) is 0 Å². The second kappa shape index (κ2) is 6.31. The molecule has 0 bridgehead atoms. The zero-order valence-electron chi connectivity index (χ0n) is 11.1. The van der Waals surface area contributed by atoms with Gasteiger partial charge >= 0.3 is 0 Å². The van der Waals surface area contributed by atoms with Gasteiger partial charge in [-0.1, -0.05) is 31.2 Å². The summed E-state index contributed by atoms with van der Waals surface area (Å²) in [4.78, 5) is 4.30. The fourth-order valence-corrected chi connectivity index (χ4v) is 1.83. The minimum atomic E-state index is 0.745. The fraction of sp³-hybridized carbons (Fsp3) is 0.429. The number of rotatable bonds is 6. The summed E-state index contributed by atoms with van der Waals surface area (Å²) in [5.41, 5.74) is 2.58. The largest absolute Gasteiger partial charge is 0.310 e. The van der Waals surface area contributed by atoms with Gasteiger partial charge in [0.05, 0.1) is 13.1 Å². The molecule has 4 nitrogen and oxygen atoms in total. The monoisotopic (exact) mass is 244 g/mol. The van der Waals surface area contributed by atoms with Crippen LogP contribution in [0.4, 0.5) is 0 Å². The van der Waals surface area contributed by atoms with E-state index in [4.69, 9.17) is 0 Å². The number of hydrogen-bond donors (Lipinski definition) is 1. The number of nitrogens with one attached hydrogen (secondary N) is 1. The molecule has 96 valence electrons. The van der Waals surface area contributed by atoms with Gasteiger partial charge in [0.1, 0.15) is 6.33 Å². The molecule has 1 aromatic heterocycles. The Morgan fingerprint density at radius 1 is 1.28 bits per heavy atom. The van der Waals surface area contributed by atoms with E-state index in [1.807, 2.05) is 4.68 Å². The van der Waals surface area contributed by atoms with E-state index in [1.165, 1.54) is 11.1 Å². The number of aromatic nitrogens is 3. The number of aryl methyl sites for hydroxylation is 1. The first-order valence-electron chi connectivity index (χ1n) is 6.43. The van der Waals surface area contributed by atoms with E-state index in [0.717, 1.165) is 31.9 Å². The molecule has 0 radical (unpaired) electrons. The molecule has 2 rings (SSSR count). The number of benzene rings is 1. The molecule has 0 fully saturated rings. The van der Waals surface area contributed by atoms with Crippen molar-refractivity contribution < 1.29 is 0 Å². The molecule has 0 aliphatic rings. The number of nitrogens with zero attached hydrogens (tertiary/aromatic N) is 3. The number of hydrogen-bond acceptors (Lipinski definition) is 3. The van der Waals surface area contributed by atoms with Crippen molar-refractivity contribution in [3.8, 4) is 0 Å². The van der Waals surface area contributed by atoms with Crippen LogP contribution in [0.15, 0.2) is 30.6 Å². The molecule has 0 aliphatic heterocycles. The summed E-state index contributed by atoms with van der Waals surface area (Å²) in [5.74, 6) is 0.858. The standard InChI is InChI=1S/C14H20N4/c1-3-8-15-9-14-16-11-18(17-14)10-13-7-5-4-6-12(13)2/h4-7,11,15H,3,8-10H2,1-2H3. The van der Waals surface area contributed by atoms with E-state index < -0.39 is 0 Å². The van der Waals surface area contributed by atoms with Gasteiger partial charge in [-0.25, -0.2) is 9.67 Å². The van der Waals surface area contributed by atoms with Crippen LogP contribution < -0.4 is 5.32 Å². The van der Waals surface area contributed by atoms with Crippen LogP contribution in [0.25, 0.3) is 0 Å². The highest BCUT2D eigenvalue weighted by atomic mass is 15.3. The van der Waals surface area contributed by atoms with Crippen LogP contribution in [-0.4, -0.2) is 21.3 Å². The highest BCUT2D eigenvalue weighted by molar-refractivity contribution is 5.25. The average Bonchev–Trinajstić information content (AvgIpc) is 2.80. The van der Waals surface area contributed by atoms with Gasteiger partial charge in [0.25, 0.3) is 0 Å². The van der Waals surface area contributed by atoms with E-state index >= 15 is 0 Å². The van der Waals surface area contributed by atoms with Crippen LogP contribution in [0.3, 0.4) is 0 Å². The Bertz CT molecular complexity index is 490. The van der Waals surface area contributed by atoms with E-state index in [2.05, 4.69) is 53.5 Å². The van der Waals surface area contributed by atoms with Crippen molar-refractivity contribution in [1.82, 2.24) is 20.1 Å². The molecule has 1 heterocycles. The van der Waals surface area contributed by atoms with Gasteiger partial charge in [0.2, 0.25) is 0 Å². The van der Waals surface area contributed by atoms with Gasteiger partial charge in [-0.15, -0.1) is 0 Å². The maximum absolute atomic E-state index is 4.46. The summed E-state index contributed by atoms with van der Waals surface area (Å²) in [6, 6.07) is 8.37. The summed E-state index contributed by atoms with van der Waals surface area (Å²) in [5, 5.41) is 7.76. The van der Waals surface area contributed by atoms with Crippen molar-refractivity contribution in [3.05, 3.63) is 47.5 Å². The smallest absolute Gasteiger partial charge is 0.164 e. The normalized spacial score (nSPS) is 10.8. The molecule has 0 atom stereocenters. The van der Waals surface area contributed by atoms with Crippen LogP contribution in [0.2, 0.25) is 0 Å². The van der Waals surface area contributed by atoms with Gasteiger partial charge in [-0.3, -0.25) is 0 Å². The molecular weight excluding hydrogens is 224 g/mol. The maximum atomic E-state index is 4.46. The zero-order valence-corrected chi connectivity index (χ0v) is 11.1. The Morgan fingerprint density at radius 3 is 2.89 bits per heavy atom. The third-order valence-corrected chi connectivity index (χ3v) is 2.89. The topological polar surface area (TPSA) is 42.7 Å². The van der Waals surface area contributed by atoms with E-state index in [1.54, 1.807) is 6.33 Å². The predicted octanol–water partition coefficient (Wildman–Crippen LogP) is 2.13. The Balaban J connectivity index is 1.96. The highest BCUT2D eigenvalue weighted by Gasteiger charge is 2.02. The van der Waals surface area contributed by atoms with Crippen molar-refractivity contribution >= 4 is 0 Å². The van der Waals surface area contributed by atoms with Crippen molar-refractivity contribution in [3.63, 3.8) is 0 Å². The third kappa shape index (κ3) is 3.40. The molecule has 1 N–H and O–H groups in total. The molecule has 0 saturated carbocycles. The Hall–Kier alpha value is -1.68.